The van der Waals surface area contributed by atoms with E-state index in [1.165, 1.54) is 5.56 Å². The van der Waals surface area contributed by atoms with Crippen molar-refractivity contribution in [1.29, 1.82) is 0 Å². The number of aryl methyl sites for hydroxylation is 2. The van der Waals surface area contributed by atoms with Crippen LogP contribution >= 0.6 is 0 Å². The molecule has 0 aliphatic carbocycles. The minimum Gasteiger partial charge on any atom is -0.497 e. The molecule has 170 valence electrons. The van der Waals surface area contributed by atoms with E-state index in [1.807, 2.05) is 30.3 Å². The molecule has 0 unspecified atom stereocenters. The van der Waals surface area contributed by atoms with Crippen molar-refractivity contribution in [2.75, 3.05) is 20.3 Å². The van der Waals surface area contributed by atoms with Gasteiger partial charge in [0.15, 0.2) is 0 Å². The third-order valence-electron chi connectivity index (χ3n) is 5.54. The Bertz CT molecular complexity index is 1200. The first-order valence-corrected chi connectivity index (χ1v) is 11.2. The fourth-order valence-electron chi connectivity index (χ4n) is 3.75. The van der Waals surface area contributed by atoms with Gasteiger partial charge in [-0.25, -0.2) is 4.98 Å². The summed E-state index contributed by atoms with van der Waals surface area (Å²) in [6.45, 7) is 4.00. The number of hydrogen-bond acceptors (Lipinski definition) is 4. The molecule has 0 radical (unpaired) electrons. The number of aromatic nitrogens is 2. The van der Waals surface area contributed by atoms with Gasteiger partial charge < -0.3 is 19.4 Å². The highest BCUT2D eigenvalue weighted by molar-refractivity contribution is 5.94. The van der Waals surface area contributed by atoms with Crippen molar-refractivity contribution in [1.82, 2.24) is 14.9 Å². The van der Waals surface area contributed by atoms with Crippen molar-refractivity contribution in [3.63, 3.8) is 0 Å². The normalized spacial score (nSPS) is 10.8. The fourth-order valence-corrected chi connectivity index (χ4v) is 3.75. The SMILES string of the molecule is COc1ccc(C(=O)NCCc2nc3ccccc3n2CCCOc2ccc(C)cc2)cc1. The second-order valence-corrected chi connectivity index (χ2v) is 7.92. The number of rotatable bonds is 10. The standard InChI is InChI=1S/C27H29N3O3/c1-20-8-12-23(13-9-20)33-19-5-18-30-25-7-4-3-6-24(25)29-26(30)16-17-28-27(31)21-10-14-22(32-2)15-11-21/h3-4,6-15H,5,16-19H2,1-2H3,(H,28,31). The summed E-state index contributed by atoms with van der Waals surface area (Å²) in [7, 11) is 1.61. The molecule has 6 nitrogen and oxygen atoms in total. The van der Waals surface area contributed by atoms with Crippen LogP contribution in [-0.4, -0.2) is 35.7 Å². The minimum absolute atomic E-state index is 0.105. The molecule has 0 aliphatic heterocycles. The van der Waals surface area contributed by atoms with Gasteiger partial charge in [-0.05, 0) is 61.9 Å². The summed E-state index contributed by atoms with van der Waals surface area (Å²) in [5.41, 5.74) is 3.89. The van der Waals surface area contributed by atoms with Crippen molar-refractivity contribution in [3.05, 3.63) is 89.7 Å². The topological polar surface area (TPSA) is 65.4 Å². The molecule has 1 N–H and O–H groups in total. The maximum Gasteiger partial charge on any atom is 0.251 e. The molecule has 33 heavy (non-hydrogen) atoms. The predicted octanol–water partition coefficient (Wildman–Crippen LogP) is 4.79. The fraction of sp³-hybridized carbons (Fsp3) is 0.259. The molecular formula is C27H29N3O3. The summed E-state index contributed by atoms with van der Waals surface area (Å²) in [5.74, 6) is 2.47. The van der Waals surface area contributed by atoms with E-state index in [2.05, 4.69) is 35.0 Å². The number of ether oxygens (including phenoxy) is 2. The van der Waals surface area contributed by atoms with Gasteiger partial charge in [-0.15, -0.1) is 0 Å². The van der Waals surface area contributed by atoms with Crippen LogP contribution in [0.1, 0.15) is 28.2 Å². The van der Waals surface area contributed by atoms with Crippen molar-refractivity contribution in [2.45, 2.75) is 26.3 Å². The molecule has 0 spiro atoms. The van der Waals surface area contributed by atoms with Gasteiger partial charge in [0.2, 0.25) is 0 Å². The first-order chi connectivity index (χ1) is 16.1. The zero-order chi connectivity index (χ0) is 23.0. The molecule has 1 aromatic heterocycles. The van der Waals surface area contributed by atoms with Crippen LogP contribution in [0.3, 0.4) is 0 Å². The molecule has 0 fully saturated rings. The Morgan fingerprint density at radius 2 is 1.70 bits per heavy atom. The number of hydrogen-bond donors (Lipinski definition) is 1. The number of carbonyl (C=O) groups is 1. The monoisotopic (exact) mass is 443 g/mol. The number of fused-ring (bicyclic) bond motifs is 1. The van der Waals surface area contributed by atoms with Gasteiger partial charge in [-0.1, -0.05) is 29.8 Å². The smallest absolute Gasteiger partial charge is 0.251 e. The maximum absolute atomic E-state index is 12.5. The van der Waals surface area contributed by atoms with Crippen LogP contribution in [0.15, 0.2) is 72.8 Å². The summed E-state index contributed by atoms with van der Waals surface area (Å²) in [4.78, 5) is 17.3. The highest BCUT2D eigenvalue weighted by Gasteiger charge is 2.11. The lowest BCUT2D eigenvalue weighted by atomic mass is 10.2. The van der Waals surface area contributed by atoms with E-state index in [4.69, 9.17) is 14.5 Å². The lowest BCUT2D eigenvalue weighted by molar-refractivity contribution is 0.0954. The first kappa shape index (κ1) is 22.4. The van der Waals surface area contributed by atoms with Crippen molar-refractivity contribution in [2.24, 2.45) is 0 Å². The number of benzene rings is 3. The van der Waals surface area contributed by atoms with Gasteiger partial charge in [0.05, 0.1) is 24.8 Å². The Kier molecular flexibility index (Phi) is 7.25. The van der Waals surface area contributed by atoms with E-state index in [0.717, 1.165) is 41.3 Å². The Morgan fingerprint density at radius 3 is 2.45 bits per heavy atom. The number of amides is 1. The van der Waals surface area contributed by atoms with Crippen LogP contribution in [0.5, 0.6) is 11.5 Å². The molecule has 0 atom stereocenters. The van der Waals surface area contributed by atoms with Crippen LogP contribution in [0.2, 0.25) is 0 Å². The highest BCUT2D eigenvalue weighted by Crippen LogP contribution is 2.18. The van der Waals surface area contributed by atoms with E-state index in [9.17, 15) is 4.79 Å². The van der Waals surface area contributed by atoms with Gasteiger partial charge in [0, 0.05) is 25.1 Å². The van der Waals surface area contributed by atoms with Gasteiger partial charge >= 0.3 is 0 Å². The summed E-state index contributed by atoms with van der Waals surface area (Å²) < 4.78 is 13.3. The lowest BCUT2D eigenvalue weighted by Gasteiger charge is -2.11. The van der Waals surface area contributed by atoms with Crippen molar-refractivity contribution >= 4 is 16.9 Å². The second-order valence-electron chi connectivity index (χ2n) is 7.92. The molecule has 3 aromatic carbocycles. The quantitative estimate of drug-likeness (QED) is 0.358. The molecule has 1 heterocycles. The van der Waals surface area contributed by atoms with Gasteiger partial charge in [-0.2, -0.15) is 0 Å². The minimum atomic E-state index is -0.105. The van der Waals surface area contributed by atoms with Crippen LogP contribution in [0.4, 0.5) is 0 Å². The number of methoxy groups -OCH3 is 1. The molecule has 4 rings (SSSR count). The summed E-state index contributed by atoms with van der Waals surface area (Å²) in [5, 5.41) is 2.99. The molecule has 4 aromatic rings. The maximum atomic E-state index is 12.5. The number of nitrogens with one attached hydrogen (secondary N) is 1. The highest BCUT2D eigenvalue weighted by atomic mass is 16.5. The molecule has 6 heteroatoms. The third kappa shape index (κ3) is 5.71. The second kappa shape index (κ2) is 10.7. The van der Waals surface area contributed by atoms with Gasteiger partial charge in [-0.3, -0.25) is 4.79 Å². The van der Waals surface area contributed by atoms with Gasteiger partial charge in [0.1, 0.15) is 17.3 Å². The summed E-state index contributed by atoms with van der Waals surface area (Å²) in [6, 6.07) is 23.3. The molecule has 0 saturated heterocycles. The van der Waals surface area contributed by atoms with Crippen LogP contribution in [-0.2, 0) is 13.0 Å². The van der Waals surface area contributed by atoms with E-state index in [-0.39, 0.29) is 5.91 Å². The van der Waals surface area contributed by atoms with Gasteiger partial charge in [0.25, 0.3) is 5.91 Å². The van der Waals surface area contributed by atoms with E-state index in [1.54, 1.807) is 31.4 Å². The van der Waals surface area contributed by atoms with E-state index in [0.29, 0.717) is 25.1 Å². The summed E-state index contributed by atoms with van der Waals surface area (Å²) in [6.07, 6.45) is 1.51. The third-order valence-corrected chi connectivity index (χ3v) is 5.54. The number of carbonyl (C=O) groups excluding carboxylic acids is 1. The van der Waals surface area contributed by atoms with Crippen molar-refractivity contribution in [3.8, 4) is 11.5 Å². The number of para-hydroxylation sites is 2. The Labute approximate surface area is 194 Å². The predicted molar refractivity (Wildman–Crippen MR) is 130 cm³/mol. The van der Waals surface area contributed by atoms with E-state index >= 15 is 0 Å². The Morgan fingerprint density at radius 1 is 0.970 bits per heavy atom. The molecule has 0 aliphatic rings. The average molecular weight is 444 g/mol. The average Bonchev–Trinajstić information content (AvgIpc) is 3.20. The lowest BCUT2D eigenvalue weighted by Crippen LogP contribution is -2.26. The van der Waals surface area contributed by atoms with Crippen LogP contribution in [0.25, 0.3) is 11.0 Å². The van der Waals surface area contributed by atoms with E-state index < -0.39 is 0 Å². The van der Waals surface area contributed by atoms with Crippen LogP contribution in [0, 0.1) is 6.92 Å². The molecule has 0 saturated carbocycles. The molecule has 1 amide bonds. The van der Waals surface area contributed by atoms with Crippen LogP contribution < -0.4 is 14.8 Å². The first-order valence-electron chi connectivity index (χ1n) is 11.2. The van der Waals surface area contributed by atoms with Crippen molar-refractivity contribution < 1.29 is 14.3 Å². The zero-order valence-corrected chi connectivity index (χ0v) is 19.1. The number of imidazole rings is 1. The number of nitrogens with zero attached hydrogens (tertiary/aromatic N) is 2. The Balaban J connectivity index is 1.36. The zero-order valence-electron chi connectivity index (χ0n) is 19.1. The molecular weight excluding hydrogens is 414 g/mol. The largest absolute Gasteiger partial charge is 0.497 e. The Hall–Kier alpha value is -3.80. The summed E-state index contributed by atoms with van der Waals surface area (Å²) >= 11 is 0. The molecule has 0 bridgehead atoms.